The molecule has 2 aliphatic heterocycles. The van der Waals surface area contributed by atoms with Crippen LogP contribution in [0.3, 0.4) is 0 Å². The molecule has 0 saturated carbocycles. The Kier molecular flexibility index (Phi) is 2.15. The van der Waals surface area contributed by atoms with E-state index in [2.05, 4.69) is 11.9 Å². The van der Waals surface area contributed by atoms with Gasteiger partial charge in [-0.2, -0.15) is 0 Å². The molecule has 13 heavy (non-hydrogen) atoms. The van der Waals surface area contributed by atoms with Gasteiger partial charge in [-0.25, -0.2) is 4.99 Å². The SMILES string of the molecule is CC1(CC2CCOC2)COC(N)=N1. The largest absolute Gasteiger partial charge is 0.463 e. The van der Waals surface area contributed by atoms with Crippen LogP contribution in [0, 0.1) is 5.92 Å². The van der Waals surface area contributed by atoms with Gasteiger partial charge in [0.2, 0.25) is 0 Å². The van der Waals surface area contributed by atoms with Crippen molar-refractivity contribution in [1.82, 2.24) is 0 Å². The van der Waals surface area contributed by atoms with Gasteiger partial charge in [0.05, 0.1) is 5.54 Å². The van der Waals surface area contributed by atoms with Gasteiger partial charge in [-0.3, -0.25) is 0 Å². The second-order valence-electron chi connectivity index (χ2n) is 4.17. The lowest BCUT2D eigenvalue weighted by molar-refractivity contribution is 0.172. The van der Waals surface area contributed by atoms with Crippen LogP contribution in [0.4, 0.5) is 0 Å². The molecule has 0 aromatic heterocycles. The molecule has 0 amide bonds. The molecule has 2 rings (SSSR count). The van der Waals surface area contributed by atoms with Crippen LogP contribution in [0.15, 0.2) is 4.99 Å². The zero-order valence-electron chi connectivity index (χ0n) is 7.95. The van der Waals surface area contributed by atoms with E-state index in [-0.39, 0.29) is 5.54 Å². The molecule has 0 aliphatic carbocycles. The molecule has 0 aromatic carbocycles. The zero-order valence-corrected chi connectivity index (χ0v) is 7.95. The number of nitrogens with zero attached hydrogens (tertiary/aromatic N) is 1. The monoisotopic (exact) mass is 184 g/mol. The Hall–Kier alpha value is -0.770. The maximum absolute atomic E-state index is 5.48. The van der Waals surface area contributed by atoms with Crippen LogP contribution < -0.4 is 5.73 Å². The minimum Gasteiger partial charge on any atom is -0.463 e. The van der Waals surface area contributed by atoms with Gasteiger partial charge in [-0.05, 0) is 25.7 Å². The summed E-state index contributed by atoms with van der Waals surface area (Å²) in [5.41, 5.74) is 5.37. The Labute approximate surface area is 78.1 Å². The Morgan fingerprint density at radius 2 is 2.54 bits per heavy atom. The molecule has 2 N–H and O–H groups in total. The summed E-state index contributed by atoms with van der Waals surface area (Å²) in [7, 11) is 0. The fourth-order valence-corrected chi connectivity index (χ4v) is 2.03. The molecule has 0 bridgehead atoms. The summed E-state index contributed by atoms with van der Waals surface area (Å²) < 4.78 is 10.5. The number of hydrogen-bond donors (Lipinski definition) is 1. The van der Waals surface area contributed by atoms with Crippen molar-refractivity contribution in [3.05, 3.63) is 0 Å². The highest BCUT2D eigenvalue weighted by Gasteiger charge is 2.34. The molecule has 2 aliphatic rings. The van der Waals surface area contributed by atoms with Crippen molar-refractivity contribution < 1.29 is 9.47 Å². The average Bonchev–Trinajstić information content (AvgIpc) is 2.62. The summed E-state index contributed by atoms with van der Waals surface area (Å²) in [6.45, 7) is 4.46. The smallest absolute Gasteiger partial charge is 0.282 e. The van der Waals surface area contributed by atoms with E-state index in [1.54, 1.807) is 0 Å². The van der Waals surface area contributed by atoms with Crippen LogP contribution in [-0.2, 0) is 9.47 Å². The Morgan fingerprint density at radius 1 is 1.69 bits per heavy atom. The molecule has 2 unspecified atom stereocenters. The van der Waals surface area contributed by atoms with E-state index in [1.165, 1.54) is 0 Å². The van der Waals surface area contributed by atoms with E-state index in [0.717, 1.165) is 26.1 Å². The summed E-state index contributed by atoms with van der Waals surface area (Å²) >= 11 is 0. The molecule has 74 valence electrons. The predicted octanol–water partition coefficient (Wildman–Crippen LogP) is 0.517. The van der Waals surface area contributed by atoms with Gasteiger partial charge in [0.25, 0.3) is 6.02 Å². The Morgan fingerprint density at radius 3 is 3.08 bits per heavy atom. The van der Waals surface area contributed by atoms with Crippen LogP contribution in [0.5, 0.6) is 0 Å². The van der Waals surface area contributed by atoms with Crippen LogP contribution in [0.1, 0.15) is 19.8 Å². The lowest BCUT2D eigenvalue weighted by atomic mass is 9.90. The molecule has 1 fully saturated rings. The van der Waals surface area contributed by atoms with Gasteiger partial charge in [0.1, 0.15) is 6.61 Å². The second kappa shape index (κ2) is 3.18. The highest BCUT2D eigenvalue weighted by atomic mass is 16.5. The topological polar surface area (TPSA) is 56.8 Å². The third kappa shape index (κ3) is 1.94. The average molecular weight is 184 g/mol. The summed E-state index contributed by atoms with van der Waals surface area (Å²) in [4.78, 5) is 4.30. The summed E-state index contributed by atoms with van der Waals surface area (Å²) in [5, 5.41) is 0. The van der Waals surface area contributed by atoms with Crippen molar-refractivity contribution in [2.75, 3.05) is 19.8 Å². The number of ether oxygens (including phenoxy) is 2. The van der Waals surface area contributed by atoms with Gasteiger partial charge < -0.3 is 15.2 Å². The minimum atomic E-state index is -0.109. The molecule has 2 heterocycles. The molecule has 0 spiro atoms. The van der Waals surface area contributed by atoms with E-state index < -0.39 is 0 Å². The fourth-order valence-electron chi connectivity index (χ4n) is 2.03. The number of aliphatic imine (C=N–C) groups is 1. The van der Waals surface area contributed by atoms with E-state index in [4.69, 9.17) is 15.2 Å². The van der Waals surface area contributed by atoms with Crippen molar-refractivity contribution in [1.29, 1.82) is 0 Å². The number of nitrogens with two attached hydrogens (primary N) is 1. The van der Waals surface area contributed by atoms with Gasteiger partial charge in [-0.1, -0.05) is 0 Å². The first-order valence-electron chi connectivity index (χ1n) is 4.74. The van der Waals surface area contributed by atoms with Crippen LogP contribution in [0.25, 0.3) is 0 Å². The summed E-state index contributed by atoms with van der Waals surface area (Å²) in [6.07, 6.45) is 2.17. The Bertz CT molecular complexity index is 224. The van der Waals surface area contributed by atoms with Gasteiger partial charge in [-0.15, -0.1) is 0 Å². The third-order valence-corrected chi connectivity index (χ3v) is 2.66. The van der Waals surface area contributed by atoms with Gasteiger partial charge in [0, 0.05) is 13.2 Å². The summed E-state index contributed by atoms with van der Waals surface area (Å²) in [6, 6.07) is 0.335. The van der Waals surface area contributed by atoms with E-state index in [1.807, 2.05) is 0 Å². The van der Waals surface area contributed by atoms with E-state index >= 15 is 0 Å². The normalized spacial score (nSPS) is 38.8. The number of rotatable bonds is 2. The first-order valence-corrected chi connectivity index (χ1v) is 4.74. The lowest BCUT2D eigenvalue weighted by Gasteiger charge is -2.21. The van der Waals surface area contributed by atoms with Crippen molar-refractivity contribution in [2.24, 2.45) is 16.6 Å². The summed E-state index contributed by atoms with van der Waals surface area (Å²) in [5.74, 6) is 0.628. The highest BCUT2D eigenvalue weighted by molar-refractivity contribution is 5.73. The van der Waals surface area contributed by atoms with E-state index in [0.29, 0.717) is 18.5 Å². The van der Waals surface area contributed by atoms with Crippen LogP contribution in [0.2, 0.25) is 0 Å². The minimum absolute atomic E-state index is 0.109. The molecule has 4 heteroatoms. The van der Waals surface area contributed by atoms with Crippen molar-refractivity contribution in [3.63, 3.8) is 0 Å². The molecular formula is C9H16N2O2. The molecule has 0 radical (unpaired) electrons. The maximum atomic E-state index is 5.48. The molecular weight excluding hydrogens is 168 g/mol. The molecule has 4 nitrogen and oxygen atoms in total. The standard InChI is InChI=1S/C9H16N2O2/c1-9(6-13-8(10)11-9)4-7-2-3-12-5-7/h7H,2-6H2,1H3,(H2,10,11). The lowest BCUT2D eigenvalue weighted by Crippen LogP contribution is -2.27. The highest BCUT2D eigenvalue weighted by Crippen LogP contribution is 2.29. The molecule has 0 aromatic rings. The van der Waals surface area contributed by atoms with Crippen LogP contribution >= 0.6 is 0 Å². The molecule has 1 saturated heterocycles. The fraction of sp³-hybridized carbons (Fsp3) is 0.889. The number of amidine groups is 1. The van der Waals surface area contributed by atoms with E-state index in [9.17, 15) is 0 Å². The first kappa shape index (κ1) is 8.81. The van der Waals surface area contributed by atoms with Crippen molar-refractivity contribution in [3.8, 4) is 0 Å². The first-order chi connectivity index (χ1) is 6.18. The third-order valence-electron chi connectivity index (χ3n) is 2.66. The van der Waals surface area contributed by atoms with Crippen molar-refractivity contribution in [2.45, 2.75) is 25.3 Å². The van der Waals surface area contributed by atoms with Gasteiger partial charge >= 0.3 is 0 Å². The predicted molar refractivity (Wildman–Crippen MR) is 49.5 cm³/mol. The quantitative estimate of drug-likeness (QED) is 0.680. The van der Waals surface area contributed by atoms with Gasteiger partial charge in [0.15, 0.2) is 0 Å². The second-order valence-corrected chi connectivity index (χ2v) is 4.17. The Balaban J connectivity index is 1.92. The van der Waals surface area contributed by atoms with Crippen molar-refractivity contribution >= 4 is 6.02 Å². The zero-order chi connectivity index (χ0) is 9.31. The molecule has 2 atom stereocenters. The number of hydrogen-bond acceptors (Lipinski definition) is 4. The van der Waals surface area contributed by atoms with Crippen LogP contribution in [-0.4, -0.2) is 31.4 Å². The maximum Gasteiger partial charge on any atom is 0.282 e.